The normalized spacial score (nSPS) is 10.0. The summed E-state index contributed by atoms with van der Waals surface area (Å²) in [5.41, 5.74) is 0.843. The Labute approximate surface area is 93.4 Å². The average molecular weight is 217 g/mol. The predicted molar refractivity (Wildman–Crippen MR) is 58.7 cm³/mol. The molecule has 0 saturated heterocycles. The number of benzene rings is 1. The second-order valence-electron chi connectivity index (χ2n) is 3.03. The summed E-state index contributed by atoms with van der Waals surface area (Å²) >= 11 is 0. The standard InChI is InChI=1S/C12H11NO3/c1-16-12(15)10-5-6-11(14)9(8-10)4-2-3-7-13/h2,4-6,8,14H,3H2,1H3. The number of allylic oxidation sites excluding steroid dienone is 1. The fraction of sp³-hybridized carbons (Fsp3) is 0.167. The number of nitrogens with zero attached hydrogens (tertiary/aromatic N) is 1. The van der Waals surface area contributed by atoms with Gasteiger partial charge >= 0.3 is 5.97 Å². The zero-order valence-corrected chi connectivity index (χ0v) is 8.80. The first-order valence-electron chi connectivity index (χ1n) is 4.64. The van der Waals surface area contributed by atoms with Crippen LogP contribution in [0.15, 0.2) is 24.3 Å². The highest BCUT2D eigenvalue weighted by molar-refractivity contribution is 5.90. The molecular formula is C12H11NO3. The lowest BCUT2D eigenvalue weighted by atomic mass is 10.1. The first-order chi connectivity index (χ1) is 7.69. The summed E-state index contributed by atoms with van der Waals surface area (Å²) in [6.45, 7) is 0. The minimum Gasteiger partial charge on any atom is -0.507 e. The molecule has 0 fully saturated rings. The summed E-state index contributed by atoms with van der Waals surface area (Å²) in [5.74, 6) is -0.406. The van der Waals surface area contributed by atoms with Gasteiger partial charge in [0.15, 0.2) is 0 Å². The van der Waals surface area contributed by atoms with Gasteiger partial charge in [-0.1, -0.05) is 12.2 Å². The molecule has 0 unspecified atom stereocenters. The summed E-state index contributed by atoms with van der Waals surface area (Å²) in [6, 6.07) is 6.34. The van der Waals surface area contributed by atoms with E-state index < -0.39 is 5.97 Å². The van der Waals surface area contributed by atoms with E-state index in [-0.39, 0.29) is 12.2 Å². The highest BCUT2D eigenvalue weighted by atomic mass is 16.5. The van der Waals surface area contributed by atoms with Gasteiger partial charge in [-0.25, -0.2) is 4.79 Å². The molecule has 0 aromatic heterocycles. The van der Waals surface area contributed by atoms with Crippen molar-refractivity contribution in [3.63, 3.8) is 0 Å². The summed E-state index contributed by atoms with van der Waals surface area (Å²) in [4.78, 5) is 11.2. The van der Waals surface area contributed by atoms with Crippen LogP contribution in [0.25, 0.3) is 6.08 Å². The molecule has 4 heteroatoms. The summed E-state index contributed by atoms with van der Waals surface area (Å²) in [7, 11) is 1.29. The Hall–Kier alpha value is -2.28. The Kier molecular flexibility index (Phi) is 4.10. The minimum absolute atomic E-state index is 0.0573. The number of phenolic OH excluding ortho intramolecular Hbond substituents is 1. The van der Waals surface area contributed by atoms with Crippen LogP contribution in [0.3, 0.4) is 0 Å². The molecule has 0 heterocycles. The molecule has 0 bridgehead atoms. The molecular weight excluding hydrogens is 206 g/mol. The van der Waals surface area contributed by atoms with Crippen molar-refractivity contribution in [3.05, 3.63) is 35.4 Å². The quantitative estimate of drug-likeness (QED) is 0.787. The van der Waals surface area contributed by atoms with Crippen LogP contribution >= 0.6 is 0 Å². The van der Waals surface area contributed by atoms with Gasteiger partial charge in [-0.2, -0.15) is 5.26 Å². The van der Waals surface area contributed by atoms with Gasteiger partial charge in [0.1, 0.15) is 5.75 Å². The second-order valence-corrected chi connectivity index (χ2v) is 3.03. The molecule has 0 aliphatic rings. The van der Waals surface area contributed by atoms with Crippen LogP contribution in [0.2, 0.25) is 0 Å². The van der Waals surface area contributed by atoms with Crippen LogP contribution < -0.4 is 0 Å². The molecule has 0 amide bonds. The van der Waals surface area contributed by atoms with Crippen LogP contribution in [0.4, 0.5) is 0 Å². The lowest BCUT2D eigenvalue weighted by molar-refractivity contribution is 0.0600. The van der Waals surface area contributed by atoms with Gasteiger partial charge in [-0.05, 0) is 18.2 Å². The molecule has 1 aromatic carbocycles. The van der Waals surface area contributed by atoms with Crippen molar-refractivity contribution in [2.24, 2.45) is 0 Å². The van der Waals surface area contributed by atoms with Gasteiger partial charge in [0.25, 0.3) is 0 Å². The summed E-state index contributed by atoms with van der Waals surface area (Å²) in [5, 5.41) is 17.9. The maximum absolute atomic E-state index is 11.2. The SMILES string of the molecule is COC(=O)c1ccc(O)c(C=CCC#N)c1. The third-order valence-electron chi connectivity index (χ3n) is 1.96. The van der Waals surface area contributed by atoms with Crippen molar-refractivity contribution in [2.45, 2.75) is 6.42 Å². The van der Waals surface area contributed by atoms with Crippen LogP contribution in [-0.2, 0) is 4.74 Å². The van der Waals surface area contributed by atoms with Gasteiger partial charge < -0.3 is 9.84 Å². The lowest BCUT2D eigenvalue weighted by Gasteiger charge is -2.02. The van der Waals surface area contributed by atoms with E-state index >= 15 is 0 Å². The molecule has 0 aliphatic heterocycles. The van der Waals surface area contributed by atoms with Crippen LogP contribution in [0, 0.1) is 11.3 Å². The van der Waals surface area contributed by atoms with E-state index in [1.165, 1.54) is 25.3 Å². The molecule has 16 heavy (non-hydrogen) atoms. The molecule has 0 aliphatic carbocycles. The van der Waals surface area contributed by atoms with Crippen LogP contribution in [0.5, 0.6) is 5.75 Å². The maximum Gasteiger partial charge on any atom is 0.337 e. The monoisotopic (exact) mass is 217 g/mol. The van der Waals surface area contributed by atoms with Crippen molar-refractivity contribution in [2.75, 3.05) is 7.11 Å². The van der Waals surface area contributed by atoms with Crippen LogP contribution in [-0.4, -0.2) is 18.2 Å². The fourth-order valence-electron chi connectivity index (χ4n) is 1.17. The van der Waals surface area contributed by atoms with Crippen LogP contribution in [0.1, 0.15) is 22.3 Å². The van der Waals surface area contributed by atoms with Gasteiger partial charge in [-0.15, -0.1) is 0 Å². The molecule has 1 rings (SSSR count). The van der Waals surface area contributed by atoms with E-state index in [1.54, 1.807) is 12.2 Å². The number of hydrogen-bond acceptors (Lipinski definition) is 4. The second kappa shape index (κ2) is 5.56. The van der Waals surface area contributed by atoms with Crippen molar-refractivity contribution >= 4 is 12.0 Å². The summed E-state index contributed by atoms with van der Waals surface area (Å²) < 4.78 is 4.56. The van der Waals surface area contributed by atoms with Crippen molar-refractivity contribution in [1.29, 1.82) is 5.26 Å². The molecule has 0 spiro atoms. The van der Waals surface area contributed by atoms with E-state index in [9.17, 15) is 9.90 Å². The van der Waals surface area contributed by atoms with E-state index in [4.69, 9.17) is 5.26 Å². The van der Waals surface area contributed by atoms with Crippen molar-refractivity contribution in [1.82, 2.24) is 0 Å². The Bertz CT molecular complexity index is 458. The number of aromatic hydroxyl groups is 1. The molecule has 1 aromatic rings. The smallest absolute Gasteiger partial charge is 0.337 e. The van der Waals surface area contributed by atoms with Gasteiger partial charge in [0.2, 0.25) is 0 Å². The molecule has 0 radical (unpaired) electrons. The van der Waals surface area contributed by atoms with Crippen molar-refractivity contribution < 1.29 is 14.6 Å². The molecule has 0 atom stereocenters. The number of esters is 1. The molecule has 0 saturated carbocycles. The number of carbonyl (C=O) groups is 1. The Morgan fingerprint density at radius 1 is 1.62 bits per heavy atom. The van der Waals surface area contributed by atoms with E-state index in [0.717, 1.165) is 0 Å². The zero-order valence-electron chi connectivity index (χ0n) is 8.80. The van der Waals surface area contributed by atoms with E-state index in [0.29, 0.717) is 11.1 Å². The number of rotatable bonds is 3. The molecule has 82 valence electrons. The average Bonchev–Trinajstić information content (AvgIpc) is 2.31. The van der Waals surface area contributed by atoms with Gasteiger partial charge in [0.05, 0.1) is 25.2 Å². The Morgan fingerprint density at radius 2 is 2.38 bits per heavy atom. The van der Waals surface area contributed by atoms with Crippen molar-refractivity contribution in [3.8, 4) is 11.8 Å². The Morgan fingerprint density at radius 3 is 3.00 bits per heavy atom. The lowest BCUT2D eigenvalue weighted by Crippen LogP contribution is -2.00. The highest BCUT2D eigenvalue weighted by Crippen LogP contribution is 2.20. The zero-order chi connectivity index (χ0) is 12.0. The largest absolute Gasteiger partial charge is 0.507 e. The number of methoxy groups -OCH3 is 1. The predicted octanol–water partition coefficient (Wildman–Crippen LogP) is 2.11. The topological polar surface area (TPSA) is 70.3 Å². The first-order valence-corrected chi connectivity index (χ1v) is 4.64. The third-order valence-corrected chi connectivity index (χ3v) is 1.96. The summed E-state index contributed by atoms with van der Waals surface area (Å²) in [6.07, 6.45) is 3.45. The minimum atomic E-state index is -0.463. The highest BCUT2D eigenvalue weighted by Gasteiger charge is 2.07. The third kappa shape index (κ3) is 2.85. The molecule has 4 nitrogen and oxygen atoms in total. The van der Waals surface area contributed by atoms with Gasteiger partial charge in [0, 0.05) is 5.56 Å². The first kappa shape index (κ1) is 11.8. The van der Waals surface area contributed by atoms with E-state index in [1.807, 2.05) is 6.07 Å². The molecule has 1 N–H and O–H groups in total. The fourth-order valence-corrected chi connectivity index (χ4v) is 1.17. The number of nitriles is 1. The number of phenols is 1. The Balaban J connectivity index is 3.00. The van der Waals surface area contributed by atoms with Gasteiger partial charge in [-0.3, -0.25) is 0 Å². The number of hydrogen-bond donors (Lipinski definition) is 1. The number of ether oxygens (including phenoxy) is 1. The number of carbonyl (C=O) groups excluding carboxylic acids is 1. The maximum atomic E-state index is 11.2. The van der Waals surface area contributed by atoms with E-state index in [2.05, 4.69) is 4.74 Å².